The average molecular weight is 415 g/mol. The maximum Gasteiger partial charge on any atom is 0.242 e. The summed E-state index contributed by atoms with van der Waals surface area (Å²) in [6.07, 6.45) is 1.57. The number of aryl methyl sites for hydroxylation is 1. The number of nitrogens with zero attached hydrogens (tertiary/aromatic N) is 1. The maximum absolute atomic E-state index is 13.1. The smallest absolute Gasteiger partial charge is 0.242 e. The van der Waals surface area contributed by atoms with Crippen LogP contribution in [-0.2, 0) is 22.6 Å². The van der Waals surface area contributed by atoms with E-state index in [0.717, 1.165) is 11.1 Å². The van der Waals surface area contributed by atoms with E-state index in [0.29, 0.717) is 36.7 Å². The van der Waals surface area contributed by atoms with Gasteiger partial charge in [0, 0.05) is 25.0 Å². The van der Waals surface area contributed by atoms with E-state index in [9.17, 15) is 9.59 Å². The predicted molar refractivity (Wildman–Crippen MR) is 119 cm³/mol. The molecule has 29 heavy (non-hydrogen) atoms. The van der Waals surface area contributed by atoms with Gasteiger partial charge in [-0.2, -0.15) is 0 Å². The SMILES string of the molecule is CC[C@@H](C(=O)NC)N(Cc1ccc(Cl)cc1)C(=O)CCc1ccc(C(C)C)cc1. The Morgan fingerprint density at radius 2 is 1.59 bits per heavy atom. The molecular formula is C24H31ClN2O2. The highest BCUT2D eigenvalue weighted by atomic mass is 35.5. The van der Waals surface area contributed by atoms with Crippen LogP contribution in [0.5, 0.6) is 0 Å². The number of amides is 2. The Morgan fingerprint density at radius 1 is 1.00 bits per heavy atom. The summed E-state index contributed by atoms with van der Waals surface area (Å²) in [6.45, 7) is 6.63. The first-order valence-electron chi connectivity index (χ1n) is 10.2. The second kappa shape index (κ2) is 11.0. The molecule has 0 saturated heterocycles. The summed E-state index contributed by atoms with van der Waals surface area (Å²) in [6, 6.07) is 15.3. The van der Waals surface area contributed by atoms with Gasteiger partial charge in [0.2, 0.25) is 11.8 Å². The Hall–Kier alpha value is -2.33. The van der Waals surface area contributed by atoms with Crippen LogP contribution in [0.1, 0.15) is 56.2 Å². The zero-order valence-electron chi connectivity index (χ0n) is 17.7. The number of benzene rings is 2. The van der Waals surface area contributed by atoms with Crippen molar-refractivity contribution in [1.29, 1.82) is 0 Å². The van der Waals surface area contributed by atoms with Gasteiger partial charge in [-0.3, -0.25) is 9.59 Å². The highest BCUT2D eigenvalue weighted by Crippen LogP contribution is 2.18. The lowest BCUT2D eigenvalue weighted by atomic mass is 10.00. The minimum absolute atomic E-state index is 0.0247. The molecule has 2 amide bonds. The number of hydrogen-bond donors (Lipinski definition) is 1. The molecule has 0 fully saturated rings. The Balaban J connectivity index is 2.14. The van der Waals surface area contributed by atoms with E-state index in [1.807, 2.05) is 19.1 Å². The van der Waals surface area contributed by atoms with Crippen LogP contribution in [0, 0.1) is 0 Å². The van der Waals surface area contributed by atoms with Gasteiger partial charge in [0.25, 0.3) is 0 Å². The molecule has 0 heterocycles. The highest BCUT2D eigenvalue weighted by molar-refractivity contribution is 6.30. The van der Waals surface area contributed by atoms with Crippen molar-refractivity contribution in [3.05, 3.63) is 70.2 Å². The molecule has 0 saturated carbocycles. The number of nitrogens with one attached hydrogen (secondary N) is 1. The zero-order chi connectivity index (χ0) is 21.4. The van der Waals surface area contributed by atoms with E-state index in [2.05, 4.69) is 43.4 Å². The summed E-state index contributed by atoms with van der Waals surface area (Å²) in [4.78, 5) is 27.2. The monoisotopic (exact) mass is 414 g/mol. The van der Waals surface area contributed by atoms with Crippen molar-refractivity contribution in [3.8, 4) is 0 Å². The van der Waals surface area contributed by atoms with E-state index in [1.165, 1.54) is 5.56 Å². The third kappa shape index (κ3) is 6.60. The fourth-order valence-electron chi connectivity index (χ4n) is 3.34. The fourth-order valence-corrected chi connectivity index (χ4v) is 3.46. The molecule has 2 aromatic rings. The lowest BCUT2D eigenvalue weighted by Gasteiger charge is -2.30. The second-order valence-electron chi connectivity index (χ2n) is 7.58. The quantitative estimate of drug-likeness (QED) is 0.631. The Morgan fingerprint density at radius 3 is 2.10 bits per heavy atom. The number of hydrogen-bond acceptors (Lipinski definition) is 2. The molecule has 1 atom stereocenters. The minimum atomic E-state index is -0.494. The predicted octanol–water partition coefficient (Wildman–Crippen LogP) is 4.95. The number of carbonyl (C=O) groups excluding carboxylic acids is 2. The van der Waals surface area contributed by atoms with Crippen LogP contribution in [0.4, 0.5) is 0 Å². The largest absolute Gasteiger partial charge is 0.357 e. The minimum Gasteiger partial charge on any atom is -0.357 e. The van der Waals surface area contributed by atoms with Crippen LogP contribution in [0.3, 0.4) is 0 Å². The van der Waals surface area contributed by atoms with E-state index >= 15 is 0 Å². The molecule has 0 radical (unpaired) electrons. The highest BCUT2D eigenvalue weighted by Gasteiger charge is 2.27. The lowest BCUT2D eigenvalue weighted by molar-refractivity contribution is -0.141. The molecule has 2 rings (SSSR count). The number of rotatable bonds is 9. The summed E-state index contributed by atoms with van der Waals surface area (Å²) < 4.78 is 0. The maximum atomic E-state index is 13.1. The molecule has 4 nitrogen and oxygen atoms in total. The molecule has 156 valence electrons. The molecule has 0 spiro atoms. The standard InChI is InChI=1S/C24H31ClN2O2/c1-5-22(24(29)26-4)27(16-19-8-13-21(25)14-9-19)23(28)15-10-18-6-11-20(12-7-18)17(2)3/h6-9,11-14,17,22H,5,10,15-16H2,1-4H3,(H,26,29)/t22-/m0/s1. The first-order valence-corrected chi connectivity index (χ1v) is 10.6. The van der Waals surface area contributed by atoms with E-state index < -0.39 is 6.04 Å². The normalized spacial score (nSPS) is 11.9. The Labute approximate surface area is 179 Å². The van der Waals surface area contributed by atoms with E-state index in [-0.39, 0.29) is 11.8 Å². The number of carbonyl (C=O) groups is 2. The molecule has 1 N–H and O–H groups in total. The number of likely N-dealkylation sites (N-methyl/N-ethyl adjacent to an activating group) is 1. The van der Waals surface area contributed by atoms with Crippen molar-refractivity contribution in [2.75, 3.05) is 7.05 Å². The van der Waals surface area contributed by atoms with Gasteiger partial charge in [0.15, 0.2) is 0 Å². The second-order valence-corrected chi connectivity index (χ2v) is 8.02. The average Bonchev–Trinajstić information content (AvgIpc) is 2.73. The van der Waals surface area contributed by atoms with Crippen LogP contribution in [-0.4, -0.2) is 29.8 Å². The summed E-state index contributed by atoms with van der Waals surface area (Å²) >= 11 is 5.98. The van der Waals surface area contributed by atoms with Gasteiger partial charge in [0.1, 0.15) is 6.04 Å². The van der Waals surface area contributed by atoms with Gasteiger partial charge >= 0.3 is 0 Å². The van der Waals surface area contributed by atoms with E-state index in [1.54, 1.807) is 24.1 Å². The molecule has 0 aliphatic rings. The fraction of sp³-hybridized carbons (Fsp3) is 0.417. The number of halogens is 1. The van der Waals surface area contributed by atoms with Crippen molar-refractivity contribution in [1.82, 2.24) is 10.2 Å². The Kier molecular flexibility index (Phi) is 8.71. The van der Waals surface area contributed by atoms with Gasteiger partial charge in [-0.05, 0) is 47.6 Å². The molecule has 0 bridgehead atoms. The van der Waals surface area contributed by atoms with Gasteiger partial charge in [-0.1, -0.05) is 68.8 Å². The van der Waals surface area contributed by atoms with Gasteiger partial charge in [-0.15, -0.1) is 0 Å². The van der Waals surface area contributed by atoms with Crippen molar-refractivity contribution >= 4 is 23.4 Å². The third-order valence-corrected chi connectivity index (χ3v) is 5.42. The van der Waals surface area contributed by atoms with Crippen molar-refractivity contribution in [2.24, 2.45) is 0 Å². The first-order chi connectivity index (χ1) is 13.8. The van der Waals surface area contributed by atoms with Crippen LogP contribution in [0.2, 0.25) is 5.02 Å². The summed E-state index contributed by atoms with van der Waals surface area (Å²) in [5, 5.41) is 3.33. The first kappa shape index (κ1) is 23.0. The molecule has 2 aromatic carbocycles. The summed E-state index contributed by atoms with van der Waals surface area (Å²) in [5.41, 5.74) is 3.36. The van der Waals surface area contributed by atoms with Crippen LogP contribution in [0.25, 0.3) is 0 Å². The van der Waals surface area contributed by atoms with Crippen molar-refractivity contribution < 1.29 is 9.59 Å². The topological polar surface area (TPSA) is 49.4 Å². The van der Waals surface area contributed by atoms with Gasteiger partial charge in [0.05, 0.1) is 0 Å². The molecular weight excluding hydrogens is 384 g/mol. The zero-order valence-corrected chi connectivity index (χ0v) is 18.5. The van der Waals surface area contributed by atoms with Gasteiger partial charge < -0.3 is 10.2 Å². The van der Waals surface area contributed by atoms with E-state index in [4.69, 9.17) is 11.6 Å². The van der Waals surface area contributed by atoms with Crippen LogP contribution in [0.15, 0.2) is 48.5 Å². The Bertz CT molecular complexity index is 801. The van der Waals surface area contributed by atoms with Gasteiger partial charge in [-0.25, -0.2) is 0 Å². The molecule has 0 unspecified atom stereocenters. The van der Waals surface area contributed by atoms with Crippen LogP contribution < -0.4 is 5.32 Å². The molecule has 5 heteroatoms. The molecule has 0 aliphatic carbocycles. The molecule has 0 aromatic heterocycles. The van der Waals surface area contributed by atoms with Crippen molar-refractivity contribution in [2.45, 2.75) is 58.5 Å². The van der Waals surface area contributed by atoms with Crippen molar-refractivity contribution in [3.63, 3.8) is 0 Å². The summed E-state index contributed by atoms with van der Waals surface area (Å²) in [7, 11) is 1.60. The van der Waals surface area contributed by atoms with Crippen LogP contribution >= 0.6 is 11.6 Å². The summed E-state index contributed by atoms with van der Waals surface area (Å²) in [5.74, 6) is 0.317. The molecule has 0 aliphatic heterocycles. The lowest BCUT2D eigenvalue weighted by Crippen LogP contribution is -2.48. The third-order valence-electron chi connectivity index (χ3n) is 5.17.